The zero-order chi connectivity index (χ0) is 35.2. The molecule has 0 bridgehead atoms. The summed E-state index contributed by atoms with van der Waals surface area (Å²) in [4.78, 5) is 31.5. The minimum atomic E-state index is -0.578. The van der Waals surface area contributed by atoms with E-state index in [1.54, 1.807) is 25.3 Å². The molecule has 0 aromatic carbocycles. The fourth-order valence-corrected chi connectivity index (χ4v) is 4.73. The van der Waals surface area contributed by atoms with E-state index in [0.717, 1.165) is 33.6 Å². The van der Waals surface area contributed by atoms with Crippen molar-refractivity contribution in [2.45, 2.75) is 93.7 Å². The van der Waals surface area contributed by atoms with E-state index < -0.39 is 11.5 Å². The Morgan fingerprint density at radius 1 is 0.956 bits per heavy atom. The van der Waals surface area contributed by atoms with Gasteiger partial charge in [-0.2, -0.15) is 0 Å². The third kappa shape index (κ3) is 13.7. The van der Waals surface area contributed by atoms with Crippen molar-refractivity contribution in [2.24, 2.45) is 22.6 Å². The molecule has 6 nitrogen and oxygen atoms in total. The van der Waals surface area contributed by atoms with Gasteiger partial charge in [0.25, 0.3) is 0 Å². The molecule has 45 heavy (non-hydrogen) atoms. The van der Waals surface area contributed by atoms with E-state index in [2.05, 4.69) is 72.5 Å². The van der Waals surface area contributed by atoms with Crippen LogP contribution in [-0.2, 0) is 9.53 Å². The Morgan fingerprint density at radius 3 is 1.93 bits per heavy atom. The lowest BCUT2D eigenvalue weighted by molar-refractivity contribution is -0.114. The number of amides is 2. The average molecular weight is 618 g/mol. The second-order valence-corrected chi connectivity index (χ2v) is 13.2. The molecule has 0 aliphatic heterocycles. The highest BCUT2D eigenvalue weighted by molar-refractivity contribution is 6.04. The molecular weight excluding hydrogens is 558 g/mol. The first kappa shape index (κ1) is 41.1. The van der Waals surface area contributed by atoms with E-state index >= 15 is 0 Å². The van der Waals surface area contributed by atoms with E-state index in [-0.39, 0.29) is 24.0 Å². The molecule has 2 amide bonds. The van der Waals surface area contributed by atoms with Crippen LogP contribution in [0.2, 0.25) is 0 Å². The SMILES string of the molecule is C=C/C=C(\C=C(/C=C)C(=C)/C=C(\C(C(C)=NC)=C(\C(=C)C)C(=C)CC[C@@H](C)N(CC(C)C)C(=O)OC(C)(C)C)C(C)C)C(N)=O. The Bertz CT molecular complexity index is 1310. The number of hydrogen-bond donors (Lipinski definition) is 1. The number of carbonyl (C=O) groups is 2. The molecule has 0 aromatic heterocycles. The molecule has 6 heteroatoms. The third-order valence-corrected chi connectivity index (χ3v) is 7.04. The Labute approximate surface area is 274 Å². The summed E-state index contributed by atoms with van der Waals surface area (Å²) >= 11 is 0. The lowest BCUT2D eigenvalue weighted by Crippen LogP contribution is -2.44. The van der Waals surface area contributed by atoms with Crippen LogP contribution in [0.1, 0.15) is 82.1 Å². The average Bonchev–Trinajstić information content (AvgIpc) is 2.91. The van der Waals surface area contributed by atoms with Crippen LogP contribution in [0.4, 0.5) is 4.79 Å². The van der Waals surface area contributed by atoms with E-state index in [9.17, 15) is 9.59 Å². The predicted molar refractivity (Wildman–Crippen MR) is 194 cm³/mol. The summed E-state index contributed by atoms with van der Waals surface area (Å²) in [5, 5.41) is 0. The topological polar surface area (TPSA) is 85.0 Å². The minimum Gasteiger partial charge on any atom is -0.444 e. The maximum absolute atomic E-state index is 13.1. The highest BCUT2D eigenvalue weighted by Crippen LogP contribution is 2.34. The van der Waals surface area contributed by atoms with Crippen LogP contribution in [0.15, 0.2) is 113 Å². The molecule has 2 N–H and O–H groups in total. The summed E-state index contributed by atoms with van der Waals surface area (Å²) in [6, 6.07) is -0.0713. The van der Waals surface area contributed by atoms with Gasteiger partial charge in [0.1, 0.15) is 5.60 Å². The van der Waals surface area contributed by atoms with E-state index in [1.165, 1.54) is 6.08 Å². The standard InChI is InChI=1S/C39H59N3O3/c1-17-19-33(37(40)43)23-32(18-2)29(10)22-34(26(5)6)36(31(12)41-16)35(27(7)8)28(9)20-21-30(11)42(24-25(3)4)38(44)45-39(13,14)15/h17-19,22-23,25-26,30H,1-2,7,9-10,20-21,24H2,3-6,8,11-16H3,(H2,40,43)/b32-23+,33-19+,34-22-,36-35-,41-31?/t30-/m1/s1. The van der Waals surface area contributed by atoms with Crippen molar-refractivity contribution in [1.29, 1.82) is 0 Å². The number of allylic oxidation sites excluding steroid dienone is 11. The molecule has 0 spiro atoms. The van der Waals surface area contributed by atoms with E-state index in [1.807, 2.05) is 45.6 Å². The Hall–Kier alpha value is -3.93. The zero-order valence-electron chi connectivity index (χ0n) is 30.0. The van der Waals surface area contributed by atoms with Crippen molar-refractivity contribution < 1.29 is 14.3 Å². The van der Waals surface area contributed by atoms with Crippen LogP contribution in [0.25, 0.3) is 0 Å². The third-order valence-electron chi connectivity index (χ3n) is 7.04. The van der Waals surface area contributed by atoms with Crippen LogP contribution in [0, 0.1) is 11.8 Å². The number of nitrogens with zero attached hydrogens (tertiary/aromatic N) is 2. The van der Waals surface area contributed by atoms with Crippen molar-refractivity contribution in [3.05, 3.63) is 108 Å². The molecule has 0 rings (SSSR count). The number of hydrogen-bond acceptors (Lipinski definition) is 4. The largest absolute Gasteiger partial charge is 0.444 e. The maximum Gasteiger partial charge on any atom is 0.410 e. The first-order valence-corrected chi connectivity index (χ1v) is 15.6. The van der Waals surface area contributed by atoms with Gasteiger partial charge in [0, 0.05) is 36.5 Å². The van der Waals surface area contributed by atoms with Crippen molar-refractivity contribution in [3.8, 4) is 0 Å². The molecule has 0 heterocycles. The fourth-order valence-electron chi connectivity index (χ4n) is 4.73. The molecule has 0 saturated heterocycles. The van der Waals surface area contributed by atoms with Gasteiger partial charge in [-0.1, -0.05) is 90.5 Å². The summed E-state index contributed by atoms with van der Waals surface area (Å²) in [6.45, 7) is 41.4. The first-order chi connectivity index (χ1) is 20.7. The number of aliphatic imine (C=N–C) groups is 1. The van der Waals surface area contributed by atoms with Gasteiger partial charge in [-0.25, -0.2) is 4.79 Å². The molecule has 0 saturated carbocycles. The summed E-state index contributed by atoms with van der Waals surface area (Å²) in [5.74, 6) is -0.205. The summed E-state index contributed by atoms with van der Waals surface area (Å²) in [5.41, 5.74) is 12.1. The van der Waals surface area contributed by atoms with Gasteiger partial charge in [-0.05, 0) is 100 Å². The van der Waals surface area contributed by atoms with Gasteiger partial charge in [-0.3, -0.25) is 9.79 Å². The lowest BCUT2D eigenvalue weighted by atomic mass is 9.81. The number of nitrogens with two attached hydrogens (primary N) is 1. The van der Waals surface area contributed by atoms with Crippen LogP contribution in [0.3, 0.4) is 0 Å². The van der Waals surface area contributed by atoms with E-state index in [0.29, 0.717) is 36.1 Å². The monoisotopic (exact) mass is 617 g/mol. The van der Waals surface area contributed by atoms with Gasteiger partial charge in [0.05, 0.1) is 0 Å². The van der Waals surface area contributed by atoms with Crippen molar-refractivity contribution in [3.63, 3.8) is 0 Å². The van der Waals surface area contributed by atoms with Crippen LogP contribution >= 0.6 is 0 Å². The minimum absolute atomic E-state index is 0.0713. The molecule has 0 fully saturated rings. The molecule has 0 radical (unpaired) electrons. The van der Waals surface area contributed by atoms with Gasteiger partial charge in [0.15, 0.2) is 0 Å². The van der Waals surface area contributed by atoms with Crippen molar-refractivity contribution in [2.75, 3.05) is 13.6 Å². The fraction of sp³-hybridized carbons (Fsp3) is 0.462. The lowest BCUT2D eigenvalue weighted by Gasteiger charge is -2.33. The van der Waals surface area contributed by atoms with Gasteiger partial charge in [0.2, 0.25) is 5.91 Å². The van der Waals surface area contributed by atoms with Gasteiger partial charge in [-0.15, -0.1) is 0 Å². The summed E-state index contributed by atoms with van der Waals surface area (Å²) in [6.07, 6.45) is 9.40. The van der Waals surface area contributed by atoms with Gasteiger partial charge >= 0.3 is 6.09 Å². The maximum atomic E-state index is 13.1. The second-order valence-electron chi connectivity index (χ2n) is 13.2. The first-order valence-electron chi connectivity index (χ1n) is 15.6. The smallest absolute Gasteiger partial charge is 0.410 e. The van der Waals surface area contributed by atoms with Crippen molar-refractivity contribution >= 4 is 17.7 Å². The van der Waals surface area contributed by atoms with Crippen LogP contribution in [0.5, 0.6) is 0 Å². The highest BCUT2D eigenvalue weighted by atomic mass is 16.6. The predicted octanol–water partition coefficient (Wildman–Crippen LogP) is 9.42. The number of carbonyl (C=O) groups excluding carboxylic acids is 2. The summed E-state index contributed by atoms with van der Waals surface area (Å²) in [7, 11) is 1.77. The van der Waals surface area contributed by atoms with Crippen LogP contribution in [-0.4, -0.2) is 47.8 Å². The van der Waals surface area contributed by atoms with Gasteiger partial charge < -0.3 is 15.4 Å². The number of ether oxygens (including phenoxy) is 1. The molecule has 0 unspecified atom stereocenters. The Balaban J connectivity index is 6.96. The van der Waals surface area contributed by atoms with E-state index in [4.69, 9.17) is 10.5 Å². The molecular formula is C39H59N3O3. The molecule has 0 aliphatic rings. The molecule has 0 aromatic rings. The molecule has 1 atom stereocenters. The number of rotatable bonds is 17. The quantitative estimate of drug-likeness (QED) is 0.100. The molecule has 0 aliphatic carbocycles. The zero-order valence-corrected chi connectivity index (χ0v) is 30.0. The Morgan fingerprint density at radius 2 is 1.53 bits per heavy atom. The van der Waals surface area contributed by atoms with Crippen LogP contribution < -0.4 is 5.73 Å². The highest BCUT2D eigenvalue weighted by Gasteiger charge is 2.27. The number of primary amides is 1. The Kier molecular flexibility index (Phi) is 17.1. The second kappa shape index (κ2) is 18.8. The normalized spacial score (nSPS) is 14.5. The van der Waals surface area contributed by atoms with Crippen molar-refractivity contribution in [1.82, 2.24) is 4.90 Å². The molecule has 248 valence electrons. The summed E-state index contributed by atoms with van der Waals surface area (Å²) < 4.78 is 5.74.